The van der Waals surface area contributed by atoms with Gasteiger partial charge >= 0.3 is 18.2 Å². The lowest BCUT2D eigenvalue weighted by molar-refractivity contribution is -0.391. The van der Waals surface area contributed by atoms with Crippen molar-refractivity contribution in [1.82, 2.24) is 5.32 Å². The summed E-state index contributed by atoms with van der Waals surface area (Å²) in [5.74, 6) is -4.67. The van der Waals surface area contributed by atoms with E-state index in [1.165, 1.54) is 30.7 Å². The Morgan fingerprint density at radius 2 is 1.37 bits per heavy atom. The van der Waals surface area contributed by atoms with Crippen LogP contribution in [0.5, 0.6) is 11.5 Å². The number of carbonyl (C=O) groups is 4. The highest BCUT2D eigenvalue weighted by molar-refractivity contribution is 6.07. The molecule has 0 spiro atoms. The fourth-order valence-corrected chi connectivity index (χ4v) is 5.71. The molecule has 1 saturated carbocycles. The number of hydrogen-bond donors (Lipinski definition) is 2. The van der Waals surface area contributed by atoms with Crippen molar-refractivity contribution in [1.29, 1.82) is 0 Å². The number of aliphatic carboxylic acids is 1. The number of nitrogens with one attached hydrogen (secondary N) is 1. The van der Waals surface area contributed by atoms with E-state index in [9.17, 15) is 36.7 Å². The Morgan fingerprint density at radius 3 is 2.00 bits per heavy atom. The van der Waals surface area contributed by atoms with Crippen LogP contribution < -0.4 is 14.8 Å². The molecular formula is C34H31F4NO7. The van der Waals surface area contributed by atoms with Gasteiger partial charge in [0.15, 0.2) is 23.1 Å². The molecule has 242 valence electrons. The second-order valence-electron chi connectivity index (χ2n) is 11.4. The summed E-state index contributed by atoms with van der Waals surface area (Å²) >= 11 is 0. The summed E-state index contributed by atoms with van der Waals surface area (Å²) in [7, 11) is 0. The van der Waals surface area contributed by atoms with Gasteiger partial charge in [0.25, 0.3) is 5.91 Å². The van der Waals surface area contributed by atoms with E-state index in [4.69, 9.17) is 5.11 Å². The van der Waals surface area contributed by atoms with Gasteiger partial charge in [0.1, 0.15) is 0 Å². The molecule has 3 aromatic rings. The molecule has 0 bridgehead atoms. The molecule has 1 amide bonds. The Labute approximate surface area is 261 Å². The lowest BCUT2D eigenvalue weighted by Gasteiger charge is -2.31. The number of ether oxygens (including phenoxy) is 2. The van der Waals surface area contributed by atoms with Crippen LogP contribution in [0.15, 0.2) is 66.7 Å². The molecule has 0 radical (unpaired) electrons. The summed E-state index contributed by atoms with van der Waals surface area (Å²) in [6.45, 7) is -0.0736. The number of carboxylic acid groups (broad SMARTS) is 1. The van der Waals surface area contributed by atoms with Crippen molar-refractivity contribution in [3.8, 4) is 11.5 Å². The van der Waals surface area contributed by atoms with Crippen molar-refractivity contribution in [2.75, 3.05) is 6.54 Å². The Bertz CT molecular complexity index is 1620. The SMILES string of the molecule is O=C(O)CCNC(=O)c1ccc(C(=O)C(CC(=O)c2ccc3c(c2)OC(F)(F)C(F)(F)O3)c2ccc(C3CCCCC3)cc2)cc1. The van der Waals surface area contributed by atoms with Gasteiger partial charge in [-0.25, -0.2) is 0 Å². The summed E-state index contributed by atoms with van der Waals surface area (Å²) in [5, 5.41) is 11.2. The van der Waals surface area contributed by atoms with E-state index in [0.29, 0.717) is 11.5 Å². The molecule has 0 aromatic heterocycles. The molecule has 0 saturated heterocycles. The summed E-state index contributed by atoms with van der Waals surface area (Å²) in [5.41, 5.74) is 1.92. The van der Waals surface area contributed by atoms with E-state index in [0.717, 1.165) is 49.4 Å². The largest absolute Gasteiger partial charge is 0.507 e. The Morgan fingerprint density at radius 1 is 0.783 bits per heavy atom. The molecule has 1 unspecified atom stereocenters. The molecule has 8 nitrogen and oxygen atoms in total. The van der Waals surface area contributed by atoms with Crippen LogP contribution in [-0.2, 0) is 4.79 Å². The molecular weight excluding hydrogens is 610 g/mol. The molecule has 3 aromatic carbocycles. The third-order valence-corrected chi connectivity index (χ3v) is 8.26. The third-order valence-electron chi connectivity index (χ3n) is 8.26. The highest BCUT2D eigenvalue weighted by Gasteiger charge is 2.66. The number of hydrogen-bond acceptors (Lipinski definition) is 6. The minimum absolute atomic E-state index is 0.0736. The summed E-state index contributed by atoms with van der Waals surface area (Å²) in [6, 6.07) is 16.1. The minimum atomic E-state index is -4.96. The fourth-order valence-electron chi connectivity index (χ4n) is 5.71. The molecule has 1 fully saturated rings. The van der Waals surface area contributed by atoms with Crippen LogP contribution in [0.1, 0.15) is 99.0 Å². The normalized spacial score (nSPS) is 17.5. The Hall–Kier alpha value is -4.74. The molecule has 1 aliphatic heterocycles. The van der Waals surface area contributed by atoms with Gasteiger partial charge in [-0.05, 0) is 60.2 Å². The number of benzene rings is 3. The topological polar surface area (TPSA) is 119 Å². The van der Waals surface area contributed by atoms with Gasteiger partial charge in [-0.2, -0.15) is 17.6 Å². The van der Waals surface area contributed by atoms with E-state index < -0.39 is 53.1 Å². The van der Waals surface area contributed by atoms with Gasteiger partial charge < -0.3 is 19.9 Å². The van der Waals surface area contributed by atoms with E-state index >= 15 is 0 Å². The van der Waals surface area contributed by atoms with Crippen LogP contribution in [-0.4, -0.2) is 47.3 Å². The first kappa shape index (κ1) is 32.6. The fraction of sp³-hybridized carbons (Fsp3) is 0.353. The first-order valence-corrected chi connectivity index (χ1v) is 14.9. The molecule has 5 rings (SSSR count). The van der Waals surface area contributed by atoms with Crippen molar-refractivity contribution >= 4 is 23.4 Å². The van der Waals surface area contributed by atoms with Crippen LogP contribution in [0.25, 0.3) is 0 Å². The standard InChI is InChI=1S/C34H31F4NO7/c35-33(36)34(37,38)46-29-18-25(14-15-28(29)45-33)27(40)19-26(22-8-6-21(7-9-22)20-4-2-1-3-5-20)31(43)23-10-12-24(13-11-23)32(44)39-17-16-30(41)42/h6-15,18,20,26H,1-5,16-17,19H2,(H,39,44)(H,41,42). The second-order valence-corrected chi connectivity index (χ2v) is 11.4. The number of halogens is 4. The minimum Gasteiger partial charge on any atom is -0.481 e. The first-order chi connectivity index (χ1) is 21.8. The van der Waals surface area contributed by atoms with E-state index in [1.807, 2.05) is 12.1 Å². The van der Waals surface area contributed by atoms with Gasteiger partial charge in [0.05, 0.1) is 12.3 Å². The third kappa shape index (κ3) is 7.21. The Kier molecular flexibility index (Phi) is 9.45. The average molecular weight is 642 g/mol. The van der Waals surface area contributed by atoms with E-state index in [-0.39, 0.29) is 36.1 Å². The number of alkyl halides is 4. The van der Waals surface area contributed by atoms with E-state index in [2.05, 4.69) is 14.8 Å². The number of amides is 1. The van der Waals surface area contributed by atoms with Crippen LogP contribution in [0.4, 0.5) is 17.6 Å². The zero-order chi connectivity index (χ0) is 33.1. The van der Waals surface area contributed by atoms with Crippen molar-refractivity contribution in [3.63, 3.8) is 0 Å². The molecule has 1 atom stereocenters. The number of carboxylic acids is 1. The number of ketones is 2. The zero-order valence-corrected chi connectivity index (χ0v) is 24.6. The smallest absolute Gasteiger partial charge is 0.481 e. The summed E-state index contributed by atoms with van der Waals surface area (Å²) < 4.78 is 63.0. The zero-order valence-electron chi connectivity index (χ0n) is 24.6. The first-order valence-electron chi connectivity index (χ1n) is 14.9. The highest BCUT2D eigenvalue weighted by atomic mass is 19.3. The monoisotopic (exact) mass is 641 g/mol. The maximum atomic E-state index is 13.9. The van der Waals surface area contributed by atoms with Crippen LogP contribution in [0.3, 0.4) is 0 Å². The lowest BCUT2D eigenvalue weighted by atomic mass is 9.81. The van der Waals surface area contributed by atoms with Gasteiger partial charge in [-0.1, -0.05) is 55.7 Å². The summed E-state index contributed by atoms with van der Waals surface area (Å²) in [4.78, 5) is 50.4. The molecule has 2 aliphatic rings. The number of rotatable bonds is 11. The van der Waals surface area contributed by atoms with Crippen LogP contribution >= 0.6 is 0 Å². The number of fused-ring (bicyclic) bond motifs is 1. The van der Waals surface area contributed by atoms with Crippen LogP contribution in [0.2, 0.25) is 0 Å². The summed E-state index contributed by atoms with van der Waals surface area (Å²) in [6.07, 6.45) is -4.92. The Balaban J connectivity index is 1.39. The van der Waals surface area contributed by atoms with E-state index in [1.54, 1.807) is 12.1 Å². The van der Waals surface area contributed by atoms with Gasteiger partial charge in [-0.3, -0.25) is 19.2 Å². The molecule has 1 aliphatic carbocycles. The lowest BCUT2D eigenvalue weighted by Crippen LogP contribution is -2.52. The van der Waals surface area contributed by atoms with Crippen molar-refractivity contribution in [3.05, 3.63) is 94.5 Å². The molecule has 1 heterocycles. The van der Waals surface area contributed by atoms with Crippen molar-refractivity contribution < 1.29 is 51.3 Å². The molecule has 46 heavy (non-hydrogen) atoms. The maximum Gasteiger partial charge on any atom is 0.507 e. The number of carbonyl (C=O) groups excluding carboxylic acids is 3. The maximum absolute atomic E-state index is 13.9. The van der Waals surface area contributed by atoms with Gasteiger partial charge in [-0.15, -0.1) is 0 Å². The van der Waals surface area contributed by atoms with Crippen LogP contribution in [0, 0.1) is 0 Å². The van der Waals surface area contributed by atoms with Crippen molar-refractivity contribution in [2.24, 2.45) is 0 Å². The van der Waals surface area contributed by atoms with Gasteiger partial charge in [0.2, 0.25) is 0 Å². The average Bonchev–Trinajstić information content (AvgIpc) is 3.03. The predicted octanol–water partition coefficient (Wildman–Crippen LogP) is 7.14. The molecule has 12 heteroatoms. The quantitative estimate of drug-likeness (QED) is 0.169. The van der Waals surface area contributed by atoms with Gasteiger partial charge in [0, 0.05) is 29.7 Å². The molecule has 2 N–H and O–H groups in total. The highest BCUT2D eigenvalue weighted by Crippen LogP contribution is 2.47. The predicted molar refractivity (Wildman–Crippen MR) is 157 cm³/mol. The van der Waals surface area contributed by atoms with Crippen molar-refractivity contribution in [2.45, 2.75) is 69.0 Å². The second kappa shape index (κ2) is 13.3. The number of Topliss-reactive ketones (excluding diaryl/α,β-unsaturated/α-hetero) is 2.